The molecule has 0 N–H and O–H groups in total. The summed E-state index contributed by atoms with van der Waals surface area (Å²) in [5.41, 5.74) is 0.896. The number of ether oxygens (including phenoxy) is 1. The van der Waals surface area contributed by atoms with Crippen molar-refractivity contribution < 1.29 is 9.53 Å². The van der Waals surface area contributed by atoms with E-state index >= 15 is 0 Å². The van der Waals surface area contributed by atoms with Crippen molar-refractivity contribution in [1.82, 2.24) is 4.98 Å². The van der Waals surface area contributed by atoms with E-state index in [0.717, 1.165) is 23.7 Å². The molecule has 5 heteroatoms. The van der Waals surface area contributed by atoms with E-state index in [1.54, 1.807) is 7.11 Å². The van der Waals surface area contributed by atoms with Crippen LogP contribution in [0.1, 0.15) is 42.1 Å². The zero-order valence-corrected chi connectivity index (χ0v) is 11.3. The maximum Gasteiger partial charge on any atom is 0.186 e. The molecule has 0 bridgehead atoms. The van der Waals surface area contributed by atoms with E-state index in [1.165, 1.54) is 24.2 Å². The van der Waals surface area contributed by atoms with Gasteiger partial charge in [0.15, 0.2) is 11.4 Å². The highest BCUT2D eigenvalue weighted by molar-refractivity contribution is 7.17. The van der Waals surface area contributed by atoms with E-state index in [1.807, 2.05) is 0 Å². The van der Waals surface area contributed by atoms with Crippen molar-refractivity contribution in [3.05, 3.63) is 10.6 Å². The number of rotatable bonds is 4. The van der Waals surface area contributed by atoms with Crippen molar-refractivity contribution in [3.63, 3.8) is 0 Å². The average Bonchev–Trinajstić information content (AvgIpc) is 2.81. The van der Waals surface area contributed by atoms with Gasteiger partial charge in [0.1, 0.15) is 0 Å². The van der Waals surface area contributed by atoms with Gasteiger partial charge in [0.05, 0.1) is 17.2 Å². The maximum absolute atomic E-state index is 11.0. The van der Waals surface area contributed by atoms with Crippen molar-refractivity contribution >= 4 is 22.8 Å². The molecule has 0 unspecified atom stereocenters. The van der Waals surface area contributed by atoms with Gasteiger partial charge in [-0.05, 0) is 26.7 Å². The summed E-state index contributed by atoms with van der Waals surface area (Å²) in [4.78, 5) is 18.5. The van der Waals surface area contributed by atoms with Crippen LogP contribution in [0.3, 0.4) is 0 Å². The fourth-order valence-corrected chi connectivity index (χ4v) is 3.33. The lowest BCUT2D eigenvalue weighted by atomic mass is 10.0. The molecule has 1 aromatic heterocycles. The zero-order valence-electron chi connectivity index (χ0n) is 10.5. The van der Waals surface area contributed by atoms with E-state index in [0.29, 0.717) is 11.5 Å². The van der Waals surface area contributed by atoms with E-state index in [-0.39, 0.29) is 5.54 Å². The first-order chi connectivity index (χ1) is 8.08. The maximum atomic E-state index is 11.0. The number of anilines is 1. The van der Waals surface area contributed by atoms with E-state index in [4.69, 9.17) is 4.74 Å². The molecule has 0 saturated carbocycles. The van der Waals surface area contributed by atoms with Crippen molar-refractivity contribution in [1.29, 1.82) is 0 Å². The predicted octanol–water partition coefficient (Wildman–Crippen LogP) is 2.48. The molecule has 0 amide bonds. The van der Waals surface area contributed by atoms with Gasteiger partial charge in [0.25, 0.3) is 0 Å². The quantitative estimate of drug-likeness (QED) is 0.774. The number of aromatic nitrogens is 1. The molecule has 0 radical (unpaired) electrons. The van der Waals surface area contributed by atoms with Crippen molar-refractivity contribution in [3.8, 4) is 0 Å². The van der Waals surface area contributed by atoms with Gasteiger partial charge >= 0.3 is 0 Å². The Morgan fingerprint density at radius 3 is 2.88 bits per heavy atom. The highest BCUT2D eigenvalue weighted by Gasteiger charge is 2.34. The SMILES string of the molecule is COCc1nc(N2CCCC2(C)C)sc1C=O. The summed E-state index contributed by atoms with van der Waals surface area (Å²) in [5.74, 6) is 0. The zero-order chi connectivity index (χ0) is 12.5. The second-order valence-electron chi connectivity index (χ2n) is 4.93. The van der Waals surface area contributed by atoms with Gasteiger partial charge in [-0.2, -0.15) is 0 Å². The Morgan fingerprint density at radius 2 is 2.35 bits per heavy atom. The van der Waals surface area contributed by atoms with Gasteiger partial charge in [-0.15, -0.1) is 0 Å². The number of methoxy groups -OCH3 is 1. The first-order valence-electron chi connectivity index (χ1n) is 5.80. The van der Waals surface area contributed by atoms with Crippen LogP contribution in [0.2, 0.25) is 0 Å². The molecule has 17 heavy (non-hydrogen) atoms. The number of carbonyl (C=O) groups excluding carboxylic acids is 1. The smallest absolute Gasteiger partial charge is 0.186 e. The van der Waals surface area contributed by atoms with Crippen molar-refractivity contribution in [2.45, 2.75) is 38.8 Å². The molecule has 4 nitrogen and oxygen atoms in total. The number of thiazole rings is 1. The molecule has 2 rings (SSSR count). The third-order valence-corrected chi connectivity index (χ3v) is 4.28. The Morgan fingerprint density at radius 1 is 1.59 bits per heavy atom. The first kappa shape index (κ1) is 12.5. The molecule has 1 aliphatic heterocycles. The van der Waals surface area contributed by atoms with Crippen molar-refractivity contribution in [2.24, 2.45) is 0 Å². The molecule has 0 aromatic carbocycles. The second-order valence-corrected chi connectivity index (χ2v) is 5.93. The van der Waals surface area contributed by atoms with Gasteiger partial charge in [-0.1, -0.05) is 11.3 Å². The van der Waals surface area contributed by atoms with Crippen molar-refractivity contribution in [2.75, 3.05) is 18.6 Å². The van der Waals surface area contributed by atoms with Crippen LogP contribution < -0.4 is 4.90 Å². The fourth-order valence-electron chi connectivity index (χ4n) is 2.26. The monoisotopic (exact) mass is 254 g/mol. The standard InChI is InChI=1S/C12H18N2O2S/c1-12(2)5-4-6-14(12)11-13-9(8-16-3)10(7-15)17-11/h7H,4-6,8H2,1-3H3. The Hall–Kier alpha value is -0.940. The minimum absolute atomic E-state index is 0.141. The van der Waals surface area contributed by atoms with E-state index < -0.39 is 0 Å². The third-order valence-electron chi connectivity index (χ3n) is 3.24. The molecule has 0 spiro atoms. The Kier molecular flexibility index (Phi) is 3.49. The van der Waals surface area contributed by atoms with Crippen LogP contribution in [0, 0.1) is 0 Å². The van der Waals surface area contributed by atoms with Crippen LogP contribution in [-0.2, 0) is 11.3 Å². The van der Waals surface area contributed by atoms with Gasteiger partial charge in [0.2, 0.25) is 0 Å². The summed E-state index contributed by atoms with van der Waals surface area (Å²) in [6.07, 6.45) is 3.23. The molecule has 94 valence electrons. The van der Waals surface area contributed by atoms with Crippen LogP contribution in [0.25, 0.3) is 0 Å². The molecular formula is C12H18N2O2S. The number of hydrogen-bond acceptors (Lipinski definition) is 5. The minimum Gasteiger partial charge on any atom is -0.378 e. The molecule has 1 saturated heterocycles. The lowest BCUT2D eigenvalue weighted by Crippen LogP contribution is -2.38. The van der Waals surface area contributed by atoms with E-state index in [2.05, 4.69) is 23.7 Å². The van der Waals surface area contributed by atoms with Gasteiger partial charge in [-0.25, -0.2) is 4.98 Å². The topological polar surface area (TPSA) is 42.4 Å². The van der Waals surface area contributed by atoms with Crippen LogP contribution in [0.15, 0.2) is 0 Å². The fraction of sp³-hybridized carbons (Fsp3) is 0.667. The number of aldehydes is 1. The second kappa shape index (κ2) is 4.74. The van der Waals surface area contributed by atoms with Crippen LogP contribution in [0.5, 0.6) is 0 Å². The molecule has 1 fully saturated rings. The summed E-state index contributed by atoms with van der Waals surface area (Å²) in [6, 6.07) is 0. The highest BCUT2D eigenvalue weighted by atomic mass is 32.1. The molecule has 2 heterocycles. The van der Waals surface area contributed by atoms with Gasteiger partial charge in [0, 0.05) is 19.2 Å². The van der Waals surface area contributed by atoms with Gasteiger partial charge < -0.3 is 9.64 Å². The predicted molar refractivity (Wildman–Crippen MR) is 68.9 cm³/mol. The molecule has 0 atom stereocenters. The van der Waals surface area contributed by atoms with Gasteiger partial charge in [-0.3, -0.25) is 4.79 Å². The molecular weight excluding hydrogens is 236 g/mol. The summed E-state index contributed by atoms with van der Waals surface area (Å²) in [5, 5.41) is 0.946. The van der Waals surface area contributed by atoms with Crippen LogP contribution >= 0.6 is 11.3 Å². The lowest BCUT2D eigenvalue weighted by molar-refractivity contribution is 0.112. The normalized spacial score (nSPS) is 18.6. The number of carbonyl (C=O) groups is 1. The summed E-state index contributed by atoms with van der Waals surface area (Å²) < 4.78 is 5.07. The highest BCUT2D eigenvalue weighted by Crippen LogP contribution is 2.36. The average molecular weight is 254 g/mol. The van der Waals surface area contributed by atoms with E-state index in [9.17, 15) is 4.79 Å². The largest absolute Gasteiger partial charge is 0.378 e. The Balaban J connectivity index is 2.30. The number of nitrogens with zero attached hydrogens (tertiary/aromatic N) is 2. The molecule has 1 aromatic rings. The molecule has 0 aliphatic carbocycles. The summed E-state index contributed by atoms with van der Waals surface area (Å²) in [7, 11) is 1.62. The summed E-state index contributed by atoms with van der Waals surface area (Å²) >= 11 is 1.47. The van der Waals surface area contributed by atoms with Crippen LogP contribution in [-0.4, -0.2) is 30.5 Å². The Bertz CT molecular complexity index is 415. The summed E-state index contributed by atoms with van der Waals surface area (Å²) in [6.45, 7) is 5.86. The third kappa shape index (κ3) is 2.35. The first-order valence-corrected chi connectivity index (χ1v) is 6.61. The van der Waals surface area contributed by atoms with Crippen LogP contribution in [0.4, 0.5) is 5.13 Å². The Labute approximate surface area is 106 Å². The minimum atomic E-state index is 0.141. The molecule has 1 aliphatic rings. The lowest BCUT2D eigenvalue weighted by Gasteiger charge is -2.31. The number of hydrogen-bond donors (Lipinski definition) is 0.